The van der Waals surface area contributed by atoms with Crippen LogP contribution in [0.15, 0.2) is 22.7 Å². The number of benzene rings is 1. The number of carbonyl (C=O) groups excluding carboxylic acids is 1. The standard InChI is InChI=1S/C11H10BrNO3/c1-2-16-11(15)8-5-6-3-4-7(12)10(14)9(6)13-8/h3-5,13-14H,2H2,1H3. The first-order chi connectivity index (χ1) is 7.63. The Morgan fingerprint density at radius 3 is 3.00 bits per heavy atom. The molecule has 0 radical (unpaired) electrons. The molecular formula is C11H10BrNO3. The number of hydrogen-bond donors (Lipinski definition) is 2. The summed E-state index contributed by atoms with van der Waals surface area (Å²) in [5, 5.41) is 10.5. The second-order valence-electron chi connectivity index (χ2n) is 3.26. The highest BCUT2D eigenvalue weighted by Crippen LogP contribution is 2.32. The number of aromatic nitrogens is 1. The van der Waals surface area contributed by atoms with Gasteiger partial charge in [0.1, 0.15) is 5.69 Å². The van der Waals surface area contributed by atoms with Crippen LogP contribution in [-0.4, -0.2) is 22.7 Å². The predicted molar refractivity (Wildman–Crippen MR) is 63.6 cm³/mol. The summed E-state index contributed by atoms with van der Waals surface area (Å²) in [6, 6.07) is 5.18. The summed E-state index contributed by atoms with van der Waals surface area (Å²) in [6.45, 7) is 2.07. The van der Waals surface area contributed by atoms with E-state index in [0.29, 0.717) is 22.3 Å². The van der Waals surface area contributed by atoms with Gasteiger partial charge in [0, 0.05) is 5.39 Å². The first-order valence-electron chi connectivity index (χ1n) is 4.80. The summed E-state index contributed by atoms with van der Waals surface area (Å²) in [7, 11) is 0. The molecule has 0 saturated heterocycles. The largest absolute Gasteiger partial charge is 0.505 e. The number of phenols is 1. The van der Waals surface area contributed by atoms with E-state index < -0.39 is 5.97 Å². The molecule has 0 saturated carbocycles. The van der Waals surface area contributed by atoms with Gasteiger partial charge in [-0.05, 0) is 35.0 Å². The van der Waals surface area contributed by atoms with Crippen molar-refractivity contribution in [3.8, 4) is 5.75 Å². The summed E-state index contributed by atoms with van der Waals surface area (Å²) in [6.07, 6.45) is 0. The number of halogens is 1. The highest BCUT2D eigenvalue weighted by atomic mass is 79.9. The summed E-state index contributed by atoms with van der Waals surface area (Å²) >= 11 is 3.21. The molecular weight excluding hydrogens is 274 g/mol. The molecule has 1 aromatic carbocycles. The molecule has 16 heavy (non-hydrogen) atoms. The van der Waals surface area contributed by atoms with Gasteiger partial charge in [0.25, 0.3) is 0 Å². The van der Waals surface area contributed by atoms with Gasteiger partial charge in [-0.15, -0.1) is 0 Å². The molecule has 0 aliphatic rings. The molecule has 0 atom stereocenters. The lowest BCUT2D eigenvalue weighted by Crippen LogP contribution is -2.04. The summed E-state index contributed by atoms with van der Waals surface area (Å²) < 4.78 is 5.44. The maximum Gasteiger partial charge on any atom is 0.354 e. The lowest BCUT2D eigenvalue weighted by atomic mass is 10.2. The maximum atomic E-state index is 11.5. The maximum absolute atomic E-state index is 11.5. The molecule has 0 bridgehead atoms. The highest BCUT2D eigenvalue weighted by Gasteiger charge is 2.13. The third-order valence-electron chi connectivity index (χ3n) is 2.22. The van der Waals surface area contributed by atoms with Gasteiger partial charge in [-0.3, -0.25) is 0 Å². The Labute approximate surface area is 100 Å². The van der Waals surface area contributed by atoms with Crippen molar-refractivity contribution in [2.45, 2.75) is 6.92 Å². The van der Waals surface area contributed by atoms with Crippen LogP contribution >= 0.6 is 15.9 Å². The number of carbonyl (C=O) groups is 1. The van der Waals surface area contributed by atoms with Crippen molar-refractivity contribution in [1.29, 1.82) is 0 Å². The summed E-state index contributed by atoms with van der Waals surface area (Å²) in [5.74, 6) is -0.331. The minimum atomic E-state index is -0.422. The van der Waals surface area contributed by atoms with E-state index in [1.807, 2.05) is 0 Å². The topological polar surface area (TPSA) is 62.3 Å². The first kappa shape index (κ1) is 11.0. The smallest absolute Gasteiger partial charge is 0.354 e. The Hall–Kier alpha value is -1.49. The van der Waals surface area contributed by atoms with Crippen molar-refractivity contribution in [2.24, 2.45) is 0 Å². The number of aromatic amines is 1. The van der Waals surface area contributed by atoms with Gasteiger partial charge in [0.15, 0.2) is 5.75 Å². The van der Waals surface area contributed by atoms with E-state index in [-0.39, 0.29) is 5.75 Å². The van der Waals surface area contributed by atoms with Crippen molar-refractivity contribution in [2.75, 3.05) is 6.61 Å². The summed E-state index contributed by atoms with van der Waals surface area (Å²) in [4.78, 5) is 14.3. The van der Waals surface area contributed by atoms with Gasteiger partial charge in [-0.1, -0.05) is 6.07 Å². The molecule has 2 aromatic rings. The van der Waals surface area contributed by atoms with E-state index in [9.17, 15) is 9.90 Å². The predicted octanol–water partition coefficient (Wildman–Crippen LogP) is 2.81. The molecule has 0 unspecified atom stereocenters. The molecule has 84 valence electrons. The molecule has 1 aromatic heterocycles. The molecule has 5 heteroatoms. The Kier molecular flexibility index (Phi) is 2.87. The quantitative estimate of drug-likeness (QED) is 0.833. The number of phenolic OH excluding ortho intramolecular Hbond substituents is 1. The van der Waals surface area contributed by atoms with Crippen molar-refractivity contribution >= 4 is 32.8 Å². The van der Waals surface area contributed by atoms with Gasteiger partial charge in [-0.2, -0.15) is 0 Å². The highest BCUT2D eigenvalue weighted by molar-refractivity contribution is 9.10. The summed E-state index contributed by atoms with van der Waals surface area (Å²) in [5.41, 5.74) is 0.864. The van der Waals surface area contributed by atoms with Crippen LogP contribution in [-0.2, 0) is 4.74 Å². The number of esters is 1. The van der Waals surface area contributed by atoms with Crippen molar-refractivity contribution in [3.63, 3.8) is 0 Å². The Balaban J connectivity index is 2.52. The van der Waals surface area contributed by atoms with Crippen LogP contribution in [0.1, 0.15) is 17.4 Å². The molecule has 1 heterocycles. The molecule has 0 amide bonds. The molecule has 0 spiro atoms. The van der Waals surface area contributed by atoms with Crippen LogP contribution in [0.4, 0.5) is 0 Å². The van der Waals surface area contributed by atoms with E-state index in [0.717, 1.165) is 5.39 Å². The number of ether oxygens (including phenoxy) is 1. The first-order valence-corrected chi connectivity index (χ1v) is 5.60. The van der Waals surface area contributed by atoms with Crippen LogP contribution in [0.2, 0.25) is 0 Å². The minimum Gasteiger partial charge on any atom is -0.505 e. The molecule has 2 N–H and O–H groups in total. The van der Waals surface area contributed by atoms with Crippen molar-refractivity contribution < 1.29 is 14.6 Å². The Bertz CT molecular complexity index is 547. The van der Waals surface area contributed by atoms with Crippen molar-refractivity contribution in [3.05, 3.63) is 28.4 Å². The average molecular weight is 284 g/mol. The fraction of sp³-hybridized carbons (Fsp3) is 0.182. The fourth-order valence-electron chi connectivity index (χ4n) is 1.48. The monoisotopic (exact) mass is 283 g/mol. The fourth-order valence-corrected chi connectivity index (χ4v) is 1.81. The number of hydrogen-bond acceptors (Lipinski definition) is 3. The normalized spacial score (nSPS) is 10.6. The van der Waals surface area contributed by atoms with Gasteiger partial charge in [-0.25, -0.2) is 4.79 Å². The third-order valence-corrected chi connectivity index (χ3v) is 2.86. The van der Waals surface area contributed by atoms with Crippen LogP contribution < -0.4 is 0 Å². The van der Waals surface area contributed by atoms with Crippen LogP contribution in [0.25, 0.3) is 10.9 Å². The number of aromatic hydroxyl groups is 1. The molecule has 0 aliphatic carbocycles. The van der Waals surface area contributed by atoms with E-state index >= 15 is 0 Å². The number of fused-ring (bicyclic) bond motifs is 1. The Morgan fingerprint density at radius 1 is 1.56 bits per heavy atom. The zero-order valence-electron chi connectivity index (χ0n) is 8.58. The lowest BCUT2D eigenvalue weighted by molar-refractivity contribution is 0.0520. The van der Waals surface area contributed by atoms with Gasteiger partial charge in [0.05, 0.1) is 16.6 Å². The van der Waals surface area contributed by atoms with E-state index in [2.05, 4.69) is 20.9 Å². The molecule has 0 aliphatic heterocycles. The Morgan fingerprint density at radius 2 is 2.31 bits per heavy atom. The second kappa shape index (κ2) is 4.17. The van der Waals surface area contributed by atoms with Crippen molar-refractivity contribution in [1.82, 2.24) is 4.98 Å². The average Bonchev–Trinajstić information content (AvgIpc) is 2.69. The minimum absolute atomic E-state index is 0.0908. The number of H-pyrrole nitrogens is 1. The molecule has 0 fully saturated rings. The number of nitrogens with one attached hydrogen (secondary N) is 1. The lowest BCUT2D eigenvalue weighted by Gasteiger charge is -1.98. The van der Waals surface area contributed by atoms with Gasteiger partial charge >= 0.3 is 5.97 Å². The SMILES string of the molecule is CCOC(=O)c1cc2ccc(Br)c(O)c2[nH]1. The van der Waals surface area contributed by atoms with E-state index in [1.54, 1.807) is 25.1 Å². The number of rotatable bonds is 2. The van der Waals surface area contributed by atoms with Crippen LogP contribution in [0.3, 0.4) is 0 Å². The van der Waals surface area contributed by atoms with Crippen LogP contribution in [0.5, 0.6) is 5.75 Å². The van der Waals surface area contributed by atoms with Gasteiger partial charge in [0.2, 0.25) is 0 Å². The second-order valence-corrected chi connectivity index (χ2v) is 4.12. The van der Waals surface area contributed by atoms with Crippen LogP contribution in [0, 0.1) is 0 Å². The zero-order valence-corrected chi connectivity index (χ0v) is 10.2. The third kappa shape index (κ3) is 1.78. The molecule has 4 nitrogen and oxygen atoms in total. The van der Waals surface area contributed by atoms with E-state index in [1.165, 1.54) is 0 Å². The van der Waals surface area contributed by atoms with E-state index in [4.69, 9.17) is 4.74 Å². The molecule has 2 rings (SSSR count). The zero-order chi connectivity index (χ0) is 11.7. The van der Waals surface area contributed by atoms with Gasteiger partial charge < -0.3 is 14.8 Å².